The molecule has 0 spiro atoms. The third kappa shape index (κ3) is 6.23. The normalized spacial score (nSPS) is 12.3. The molecule has 0 atom stereocenters. The summed E-state index contributed by atoms with van der Waals surface area (Å²) in [7, 11) is 0. The summed E-state index contributed by atoms with van der Waals surface area (Å²) in [5.41, 5.74) is 6.37. The van der Waals surface area contributed by atoms with Gasteiger partial charge in [-0.15, -0.1) is 0 Å². The zero-order valence-electron chi connectivity index (χ0n) is 19.9. The van der Waals surface area contributed by atoms with Crippen molar-refractivity contribution >= 4 is 17.8 Å². The molecule has 0 amide bonds. The van der Waals surface area contributed by atoms with Gasteiger partial charge in [-0.2, -0.15) is 0 Å². The number of rotatable bonds is 9. The Morgan fingerprint density at radius 2 is 1.16 bits per heavy atom. The second-order valence-electron chi connectivity index (χ2n) is 9.63. The Morgan fingerprint density at radius 3 is 1.62 bits per heavy atom. The number of benzene rings is 3. The van der Waals surface area contributed by atoms with Gasteiger partial charge < -0.3 is 4.84 Å². The van der Waals surface area contributed by atoms with E-state index in [4.69, 9.17) is 16.4 Å². The number of hydrogen-bond donors (Lipinski definition) is 0. The largest absolute Gasteiger partial charge is 0.396 e. The highest BCUT2D eigenvalue weighted by Gasteiger charge is 2.27. The minimum absolute atomic E-state index is 0.0934. The third-order valence-electron chi connectivity index (χ3n) is 6.32. The molecule has 0 radical (unpaired) electrons. The van der Waals surface area contributed by atoms with E-state index in [-0.39, 0.29) is 10.8 Å². The predicted octanol–water partition coefficient (Wildman–Crippen LogP) is 8.41. The van der Waals surface area contributed by atoms with E-state index in [2.05, 4.69) is 93.5 Å². The van der Waals surface area contributed by atoms with E-state index in [1.54, 1.807) is 6.21 Å². The summed E-state index contributed by atoms with van der Waals surface area (Å²) in [6.45, 7) is 11.9. The van der Waals surface area contributed by atoms with Gasteiger partial charge >= 0.3 is 0 Å². The first-order chi connectivity index (χ1) is 15.2. The van der Waals surface area contributed by atoms with Crippen LogP contribution >= 0.6 is 11.6 Å². The number of nitrogens with zero attached hydrogens (tertiary/aromatic N) is 1. The lowest BCUT2D eigenvalue weighted by Gasteiger charge is -2.32. The van der Waals surface area contributed by atoms with E-state index in [0.29, 0.717) is 6.61 Å². The summed E-state index contributed by atoms with van der Waals surface area (Å²) in [5.74, 6) is 0. The molecule has 0 aliphatic heterocycles. The highest BCUT2D eigenvalue weighted by molar-refractivity contribution is 6.30. The Bertz CT molecular complexity index is 1020. The molecule has 0 aromatic heterocycles. The summed E-state index contributed by atoms with van der Waals surface area (Å²) in [5, 5.41) is 4.72. The predicted molar refractivity (Wildman–Crippen MR) is 138 cm³/mol. The van der Waals surface area contributed by atoms with Crippen LogP contribution in [-0.4, -0.2) is 12.8 Å². The second-order valence-corrected chi connectivity index (χ2v) is 10.1. The summed E-state index contributed by atoms with van der Waals surface area (Å²) in [6, 6.07) is 25.6. The van der Waals surface area contributed by atoms with Crippen LogP contribution in [-0.2, 0) is 15.7 Å². The summed E-state index contributed by atoms with van der Waals surface area (Å²) in [4.78, 5) is 5.05. The van der Waals surface area contributed by atoms with Crippen molar-refractivity contribution in [1.82, 2.24) is 0 Å². The van der Waals surface area contributed by atoms with E-state index in [9.17, 15) is 0 Å². The number of halogens is 1. The molecule has 3 rings (SSSR count). The minimum Gasteiger partial charge on any atom is -0.396 e. The smallest absolute Gasteiger partial charge is 0.114 e. The number of hydrogen-bond acceptors (Lipinski definition) is 2. The van der Waals surface area contributed by atoms with Gasteiger partial charge in [-0.05, 0) is 70.5 Å². The molecular formula is C29H34ClNO. The molecule has 0 aliphatic rings. The summed E-state index contributed by atoms with van der Waals surface area (Å²) in [6.07, 6.45) is 3.97. The van der Waals surface area contributed by atoms with Gasteiger partial charge in [-0.25, -0.2) is 0 Å². The van der Waals surface area contributed by atoms with Crippen molar-refractivity contribution in [3.63, 3.8) is 0 Å². The molecule has 0 heterocycles. The van der Waals surface area contributed by atoms with Gasteiger partial charge in [0, 0.05) is 5.02 Å². The van der Waals surface area contributed by atoms with Crippen LogP contribution < -0.4 is 0 Å². The first-order valence-electron chi connectivity index (χ1n) is 11.3. The lowest BCUT2D eigenvalue weighted by molar-refractivity contribution is 0.160. The molecule has 2 nitrogen and oxygen atoms in total. The highest BCUT2D eigenvalue weighted by Crippen LogP contribution is 2.36. The molecule has 0 saturated heterocycles. The third-order valence-corrected chi connectivity index (χ3v) is 6.57. The molecule has 0 unspecified atom stereocenters. The van der Waals surface area contributed by atoms with E-state index < -0.39 is 0 Å². The van der Waals surface area contributed by atoms with Gasteiger partial charge in [0.25, 0.3) is 0 Å². The molecule has 32 heavy (non-hydrogen) atoms. The van der Waals surface area contributed by atoms with Crippen LogP contribution in [0.3, 0.4) is 0 Å². The van der Waals surface area contributed by atoms with Gasteiger partial charge in [-0.3, -0.25) is 0 Å². The maximum atomic E-state index is 6.02. The fraction of sp³-hybridized carbons (Fsp3) is 0.345. The van der Waals surface area contributed by atoms with Crippen molar-refractivity contribution in [3.05, 3.63) is 94.5 Å². The first-order valence-corrected chi connectivity index (χ1v) is 11.7. The topological polar surface area (TPSA) is 21.6 Å². The van der Waals surface area contributed by atoms with E-state index >= 15 is 0 Å². The van der Waals surface area contributed by atoms with E-state index in [0.717, 1.165) is 23.4 Å². The molecule has 168 valence electrons. The van der Waals surface area contributed by atoms with Crippen molar-refractivity contribution in [1.29, 1.82) is 0 Å². The van der Waals surface area contributed by atoms with E-state index in [1.165, 1.54) is 22.3 Å². The quantitative estimate of drug-likeness (QED) is 0.238. The Hall–Kier alpha value is -2.58. The van der Waals surface area contributed by atoms with Gasteiger partial charge in [0.05, 0.1) is 6.21 Å². The summed E-state index contributed by atoms with van der Waals surface area (Å²) < 4.78 is 0. The zero-order chi connectivity index (χ0) is 23.2. The van der Waals surface area contributed by atoms with Crippen LogP contribution in [0.2, 0.25) is 5.02 Å². The van der Waals surface area contributed by atoms with Crippen LogP contribution in [0.15, 0.2) is 78.0 Å². The molecule has 0 saturated carbocycles. The molecule has 0 N–H and O–H groups in total. The van der Waals surface area contributed by atoms with Crippen molar-refractivity contribution in [2.45, 2.75) is 58.3 Å². The van der Waals surface area contributed by atoms with Gasteiger partial charge in [0.15, 0.2) is 0 Å². The van der Waals surface area contributed by atoms with Crippen LogP contribution in [0.1, 0.15) is 64.2 Å². The Balaban J connectivity index is 1.66. The summed E-state index contributed by atoms with van der Waals surface area (Å²) >= 11 is 6.02. The molecule has 3 aromatic carbocycles. The molecule has 0 aliphatic carbocycles. The second kappa shape index (κ2) is 10.4. The van der Waals surface area contributed by atoms with Gasteiger partial charge in [-0.1, -0.05) is 105 Å². The molecule has 0 fully saturated rings. The van der Waals surface area contributed by atoms with Crippen LogP contribution in [0.5, 0.6) is 0 Å². The van der Waals surface area contributed by atoms with Crippen molar-refractivity contribution in [3.8, 4) is 11.1 Å². The van der Waals surface area contributed by atoms with Crippen molar-refractivity contribution in [2.75, 3.05) is 6.61 Å². The lowest BCUT2D eigenvalue weighted by Crippen LogP contribution is -2.24. The van der Waals surface area contributed by atoms with E-state index in [1.807, 2.05) is 19.1 Å². The minimum atomic E-state index is 0.0934. The van der Waals surface area contributed by atoms with Crippen molar-refractivity contribution < 1.29 is 4.84 Å². The average Bonchev–Trinajstić information content (AvgIpc) is 2.79. The van der Waals surface area contributed by atoms with Crippen LogP contribution in [0.4, 0.5) is 0 Å². The number of oxime groups is 1. The van der Waals surface area contributed by atoms with Crippen LogP contribution in [0.25, 0.3) is 11.1 Å². The fourth-order valence-corrected chi connectivity index (χ4v) is 3.99. The highest BCUT2D eigenvalue weighted by atomic mass is 35.5. The zero-order valence-corrected chi connectivity index (χ0v) is 20.6. The fourth-order valence-electron chi connectivity index (χ4n) is 3.86. The van der Waals surface area contributed by atoms with Crippen molar-refractivity contribution in [2.24, 2.45) is 5.16 Å². The molecular weight excluding hydrogens is 414 g/mol. The molecule has 3 heteroatoms. The SMILES string of the molecule is CCO/N=C/c1ccc(C(C)(C)CCC(C)(C)c2ccc(-c3ccc(Cl)cc3)cc2)cc1. The molecule has 3 aromatic rings. The maximum absolute atomic E-state index is 6.02. The average molecular weight is 448 g/mol. The first kappa shape index (κ1) is 24.1. The Kier molecular flexibility index (Phi) is 7.79. The standard InChI is InChI=1S/C29H34ClNO/c1-6-32-31-21-22-7-13-25(14-8-22)28(2,3)19-20-29(4,5)26-15-9-23(10-16-26)24-11-17-27(30)18-12-24/h7-18,21H,6,19-20H2,1-5H3/b31-21+. The Labute approximate surface area is 198 Å². The van der Waals surface area contributed by atoms with Gasteiger partial charge in [0.2, 0.25) is 0 Å². The molecule has 0 bridgehead atoms. The Morgan fingerprint density at radius 1 is 0.719 bits per heavy atom. The monoisotopic (exact) mass is 447 g/mol. The lowest BCUT2D eigenvalue weighted by atomic mass is 9.72. The maximum Gasteiger partial charge on any atom is 0.114 e. The van der Waals surface area contributed by atoms with Gasteiger partial charge in [0.1, 0.15) is 6.61 Å². The van der Waals surface area contributed by atoms with Crippen LogP contribution in [0, 0.1) is 0 Å².